The van der Waals surface area contributed by atoms with Crippen LogP contribution in [0, 0.1) is 0 Å². The molecule has 7 heteroatoms. The van der Waals surface area contributed by atoms with Crippen LogP contribution in [0.3, 0.4) is 0 Å². The summed E-state index contributed by atoms with van der Waals surface area (Å²) < 4.78 is 24.4. The first-order valence-electron chi connectivity index (χ1n) is 4.47. The van der Waals surface area contributed by atoms with Crippen molar-refractivity contribution in [3.63, 3.8) is 0 Å². The first-order valence-corrected chi connectivity index (χ1v) is 5.91. The van der Waals surface area contributed by atoms with Crippen LogP contribution in [0.25, 0.3) is 0 Å². The van der Waals surface area contributed by atoms with Gasteiger partial charge in [-0.2, -0.15) is 0 Å². The van der Waals surface area contributed by atoms with E-state index >= 15 is 0 Å². The van der Waals surface area contributed by atoms with Gasteiger partial charge in [-0.25, -0.2) is 22.7 Å². The molecule has 1 aromatic heterocycles. The predicted molar refractivity (Wildman–Crippen MR) is 57.1 cm³/mol. The van der Waals surface area contributed by atoms with Crippen LogP contribution in [0.4, 0.5) is 5.95 Å². The molecule has 0 atom stereocenters. The van der Waals surface area contributed by atoms with Crippen LogP contribution in [0.2, 0.25) is 0 Å². The van der Waals surface area contributed by atoms with Gasteiger partial charge < -0.3 is 5.32 Å². The second-order valence-corrected chi connectivity index (χ2v) is 5.21. The Morgan fingerprint density at radius 1 is 1.33 bits per heavy atom. The van der Waals surface area contributed by atoms with E-state index in [1.54, 1.807) is 0 Å². The van der Waals surface area contributed by atoms with Crippen molar-refractivity contribution in [2.75, 3.05) is 26.0 Å². The van der Waals surface area contributed by atoms with Gasteiger partial charge in [-0.1, -0.05) is 0 Å². The van der Waals surface area contributed by atoms with Gasteiger partial charge in [-0.05, 0) is 6.92 Å². The standard InChI is InChI=1S/C8H14N4O2S/c1-4-9-8-10-5-7(6-11-8)15(13,14)12(2)3/h5-6H,4H2,1-3H3,(H,9,10,11). The molecular weight excluding hydrogens is 216 g/mol. The summed E-state index contributed by atoms with van der Waals surface area (Å²) in [6.07, 6.45) is 2.58. The maximum Gasteiger partial charge on any atom is 0.245 e. The van der Waals surface area contributed by atoms with Crippen molar-refractivity contribution < 1.29 is 8.42 Å². The average molecular weight is 230 g/mol. The molecule has 1 N–H and O–H groups in total. The van der Waals surface area contributed by atoms with Gasteiger partial charge in [-0.15, -0.1) is 0 Å². The minimum absolute atomic E-state index is 0.0918. The fourth-order valence-electron chi connectivity index (χ4n) is 0.910. The van der Waals surface area contributed by atoms with Gasteiger partial charge in [0.15, 0.2) is 0 Å². The van der Waals surface area contributed by atoms with E-state index in [-0.39, 0.29) is 4.90 Å². The molecule has 84 valence electrons. The second-order valence-electron chi connectivity index (χ2n) is 3.06. The van der Waals surface area contributed by atoms with Crippen molar-refractivity contribution in [3.8, 4) is 0 Å². The Bertz CT molecular complexity index is 413. The smallest absolute Gasteiger partial charge is 0.245 e. The van der Waals surface area contributed by atoms with E-state index in [0.29, 0.717) is 12.5 Å². The summed E-state index contributed by atoms with van der Waals surface area (Å²) in [5, 5.41) is 2.88. The first kappa shape index (κ1) is 11.9. The molecule has 0 aliphatic heterocycles. The lowest BCUT2D eigenvalue weighted by atomic mass is 10.6. The van der Waals surface area contributed by atoms with Crippen LogP contribution in [0.5, 0.6) is 0 Å². The normalized spacial score (nSPS) is 11.7. The summed E-state index contributed by atoms with van der Waals surface area (Å²) in [6, 6.07) is 0. The van der Waals surface area contributed by atoms with Crippen molar-refractivity contribution in [1.29, 1.82) is 0 Å². The van der Waals surface area contributed by atoms with Crippen molar-refractivity contribution in [1.82, 2.24) is 14.3 Å². The summed E-state index contributed by atoms with van der Waals surface area (Å²) in [5.41, 5.74) is 0. The average Bonchev–Trinajstić information content (AvgIpc) is 2.19. The van der Waals surface area contributed by atoms with Crippen molar-refractivity contribution >= 4 is 16.0 Å². The number of hydrogen-bond donors (Lipinski definition) is 1. The zero-order chi connectivity index (χ0) is 11.5. The zero-order valence-electron chi connectivity index (χ0n) is 8.93. The minimum atomic E-state index is -3.43. The van der Waals surface area contributed by atoms with Crippen molar-refractivity contribution in [2.45, 2.75) is 11.8 Å². The van der Waals surface area contributed by atoms with Gasteiger partial charge in [0.05, 0.1) is 12.4 Å². The van der Waals surface area contributed by atoms with E-state index < -0.39 is 10.0 Å². The molecule has 0 amide bonds. The molecule has 1 heterocycles. The number of aromatic nitrogens is 2. The fraction of sp³-hybridized carbons (Fsp3) is 0.500. The molecule has 0 saturated carbocycles. The summed E-state index contributed by atoms with van der Waals surface area (Å²) in [7, 11) is -0.496. The quantitative estimate of drug-likeness (QED) is 0.797. The molecule has 0 radical (unpaired) electrons. The number of nitrogens with zero attached hydrogens (tertiary/aromatic N) is 3. The van der Waals surface area contributed by atoms with Crippen molar-refractivity contribution in [2.24, 2.45) is 0 Å². The van der Waals surface area contributed by atoms with E-state index in [4.69, 9.17) is 0 Å². The Kier molecular flexibility index (Phi) is 3.59. The lowest BCUT2D eigenvalue weighted by Gasteiger charge is -2.10. The van der Waals surface area contributed by atoms with E-state index in [2.05, 4.69) is 15.3 Å². The molecule has 1 aromatic rings. The van der Waals surface area contributed by atoms with Crippen molar-refractivity contribution in [3.05, 3.63) is 12.4 Å². The Morgan fingerprint density at radius 3 is 2.27 bits per heavy atom. The number of nitrogens with one attached hydrogen (secondary N) is 1. The maximum absolute atomic E-state index is 11.6. The van der Waals surface area contributed by atoms with Gasteiger partial charge in [0.2, 0.25) is 16.0 Å². The van der Waals surface area contributed by atoms with Crippen LogP contribution in [0.1, 0.15) is 6.92 Å². The van der Waals surface area contributed by atoms with Crippen LogP contribution >= 0.6 is 0 Å². The Morgan fingerprint density at radius 2 is 1.87 bits per heavy atom. The molecule has 15 heavy (non-hydrogen) atoms. The Labute approximate surface area is 89.4 Å². The third-order valence-corrected chi connectivity index (χ3v) is 3.51. The van der Waals surface area contributed by atoms with E-state index in [1.807, 2.05) is 6.92 Å². The third-order valence-electron chi connectivity index (χ3n) is 1.74. The molecule has 0 unspecified atom stereocenters. The molecule has 0 aliphatic carbocycles. The molecule has 0 spiro atoms. The lowest BCUT2D eigenvalue weighted by molar-refractivity contribution is 0.520. The topological polar surface area (TPSA) is 75.2 Å². The van der Waals surface area contributed by atoms with Crippen LogP contribution in [-0.2, 0) is 10.0 Å². The van der Waals surface area contributed by atoms with Gasteiger partial charge in [0.1, 0.15) is 4.90 Å². The maximum atomic E-state index is 11.6. The highest BCUT2D eigenvalue weighted by atomic mass is 32.2. The molecular formula is C8H14N4O2S. The molecule has 0 aliphatic rings. The first-order chi connectivity index (χ1) is 6.98. The summed E-state index contributed by atoms with van der Waals surface area (Å²) in [6.45, 7) is 2.60. The number of anilines is 1. The van der Waals surface area contributed by atoms with E-state index in [1.165, 1.54) is 26.5 Å². The largest absolute Gasteiger partial charge is 0.355 e. The fourth-order valence-corrected chi connectivity index (χ4v) is 1.70. The molecule has 0 bridgehead atoms. The van der Waals surface area contributed by atoms with Gasteiger partial charge >= 0.3 is 0 Å². The minimum Gasteiger partial charge on any atom is -0.355 e. The zero-order valence-corrected chi connectivity index (χ0v) is 9.74. The van der Waals surface area contributed by atoms with Gasteiger partial charge in [0, 0.05) is 20.6 Å². The van der Waals surface area contributed by atoms with Crippen LogP contribution < -0.4 is 5.32 Å². The summed E-state index contributed by atoms with van der Waals surface area (Å²) in [5.74, 6) is 0.426. The van der Waals surface area contributed by atoms with E-state index in [9.17, 15) is 8.42 Å². The Hall–Kier alpha value is -1.21. The highest BCUT2D eigenvalue weighted by Crippen LogP contribution is 2.10. The Balaban J connectivity index is 2.99. The number of hydrogen-bond acceptors (Lipinski definition) is 5. The van der Waals surface area contributed by atoms with E-state index in [0.717, 1.165) is 4.31 Å². The predicted octanol–water partition coefficient (Wildman–Crippen LogP) is 0.159. The summed E-state index contributed by atoms with van der Waals surface area (Å²) in [4.78, 5) is 7.87. The molecule has 0 saturated heterocycles. The highest BCUT2D eigenvalue weighted by Gasteiger charge is 2.17. The van der Waals surface area contributed by atoms with Crippen LogP contribution in [-0.4, -0.2) is 43.3 Å². The SMILES string of the molecule is CCNc1ncc(S(=O)(=O)N(C)C)cn1. The molecule has 0 aromatic carbocycles. The number of sulfonamides is 1. The summed E-state index contributed by atoms with van der Waals surface area (Å²) >= 11 is 0. The molecule has 6 nitrogen and oxygen atoms in total. The lowest BCUT2D eigenvalue weighted by Crippen LogP contribution is -2.22. The number of rotatable bonds is 4. The van der Waals surface area contributed by atoms with Gasteiger partial charge in [-0.3, -0.25) is 0 Å². The molecule has 0 fully saturated rings. The second kappa shape index (κ2) is 4.54. The monoisotopic (exact) mass is 230 g/mol. The molecule has 1 rings (SSSR count). The third kappa shape index (κ3) is 2.63. The highest BCUT2D eigenvalue weighted by molar-refractivity contribution is 7.89. The van der Waals surface area contributed by atoms with Gasteiger partial charge in [0.25, 0.3) is 0 Å². The van der Waals surface area contributed by atoms with Crippen LogP contribution in [0.15, 0.2) is 17.3 Å².